The molecule has 0 saturated carbocycles. The molecule has 0 spiro atoms. The Balaban J connectivity index is 2.94. The lowest BCUT2D eigenvalue weighted by Gasteiger charge is -2.24. The van der Waals surface area contributed by atoms with Gasteiger partial charge in [-0.15, -0.1) is 0 Å². The molecule has 3 atom stereocenters. The number of guanidine groups is 1. The third-order valence-electron chi connectivity index (χ3n) is 5.18. The van der Waals surface area contributed by atoms with Gasteiger partial charge in [0.2, 0.25) is 23.6 Å². The Morgan fingerprint density at radius 1 is 1.00 bits per heavy atom. The highest BCUT2D eigenvalue weighted by Gasteiger charge is 2.32. The summed E-state index contributed by atoms with van der Waals surface area (Å²) in [5, 5.41) is 21.9. The van der Waals surface area contributed by atoms with Crippen LogP contribution in [0.5, 0.6) is 0 Å². The standard InChI is InChI=1S/C22H35N9O5/c1-31(2)21(36)14(10-12-5-7-13(8-6-12)17(23)24)19(34)30-16(11-32)20(35)29-15(18(25)33)4-3-9-28-22(26)27/h5-8,14-16,32H,3-4,9-11H2,1-2H3,(H3,23,24)(H2,25,33)(H,29,35)(H,30,34)(H4,26,27,28)/t14?,15-,16-/m0/s1. The maximum absolute atomic E-state index is 13.0. The number of carbonyl (C=O) groups is 4. The minimum atomic E-state index is -1.44. The molecule has 0 aliphatic heterocycles. The Labute approximate surface area is 209 Å². The number of nitrogens with one attached hydrogen (secondary N) is 3. The van der Waals surface area contributed by atoms with Gasteiger partial charge < -0.3 is 43.6 Å². The summed E-state index contributed by atoms with van der Waals surface area (Å²) >= 11 is 0. The summed E-state index contributed by atoms with van der Waals surface area (Å²) < 4.78 is 0. The lowest BCUT2D eigenvalue weighted by molar-refractivity contribution is -0.142. The quantitative estimate of drug-likeness (QED) is 0.0549. The zero-order valence-corrected chi connectivity index (χ0v) is 20.4. The Bertz CT molecular complexity index is 975. The molecule has 1 aromatic carbocycles. The molecule has 0 aliphatic rings. The number of rotatable bonds is 14. The van der Waals surface area contributed by atoms with Crippen molar-refractivity contribution in [2.75, 3.05) is 27.2 Å². The normalized spacial score (nSPS) is 13.0. The molecule has 0 bridgehead atoms. The van der Waals surface area contributed by atoms with E-state index >= 15 is 0 Å². The van der Waals surface area contributed by atoms with Gasteiger partial charge in [-0.1, -0.05) is 24.3 Å². The van der Waals surface area contributed by atoms with Gasteiger partial charge in [0.1, 0.15) is 23.8 Å². The van der Waals surface area contributed by atoms with E-state index < -0.39 is 48.2 Å². The highest BCUT2D eigenvalue weighted by molar-refractivity contribution is 6.02. The molecule has 198 valence electrons. The van der Waals surface area contributed by atoms with E-state index in [2.05, 4.69) is 15.6 Å². The number of aliphatic hydroxyl groups is 1. The molecule has 0 heterocycles. The Kier molecular flexibility index (Phi) is 11.8. The monoisotopic (exact) mass is 505 g/mol. The first-order valence-corrected chi connectivity index (χ1v) is 11.1. The topological polar surface area (TPSA) is 256 Å². The SMILES string of the molecule is CN(C)C(=O)C(Cc1ccc(C(=N)N)cc1)C(=O)N[C@@H](CO)C(=O)N[C@@H](CCCN=C(N)N)C(N)=O. The fourth-order valence-corrected chi connectivity index (χ4v) is 3.19. The van der Waals surface area contributed by atoms with Crippen LogP contribution in [0.4, 0.5) is 0 Å². The second-order valence-electron chi connectivity index (χ2n) is 8.26. The Morgan fingerprint density at radius 2 is 1.58 bits per heavy atom. The van der Waals surface area contributed by atoms with Crippen molar-refractivity contribution >= 4 is 35.4 Å². The van der Waals surface area contributed by atoms with E-state index in [1.165, 1.54) is 19.0 Å². The average Bonchev–Trinajstić information content (AvgIpc) is 2.81. The number of aliphatic imine (C=N–C) groups is 1. The summed E-state index contributed by atoms with van der Waals surface area (Å²) in [5.41, 5.74) is 22.4. The highest BCUT2D eigenvalue weighted by atomic mass is 16.3. The number of amidine groups is 1. The first kappa shape index (κ1) is 29.8. The van der Waals surface area contributed by atoms with Crippen molar-refractivity contribution in [3.8, 4) is 0 Å². The van der Waals surface area contributed by atoms with Crippen molar-refractivity contribution in [2.24, 2.45) is 33.8 Å². The summed E-state index contributed by atoms with van der Waals surface area (Å²) in [6.45, 7) is -0.572. The van der Waals surface area contributed by atoms with E-state index in [9.17, 15) is 24.3 Å². The summed E-state index contributed by atoms with van der Waals surface area (Å²) in [6, 6.07) is 3.93. The summed E-state index contributed by atoms with van der Waals surface area (Å²) in [6.07, 6.45) is 0.460. The van der Waals surface area contributed by atoms with E-state index in [0.717, 1.165) is 0 Å². The third-order valence-corrected chi connectivity index (χ3v) is 5.18. The molecule has 1 unspecified atom stereocenters. The Morgan fingerprint density at radius 3 is 2.06 bits per heavy atom. The molecule has 14 nitrogen and oxygen atoms in total. The van der Waals surface area contributed by atoms with Gasteiger partial charge in [0, 0.05) is 26.2 Å². The van der Waals surface area contributed by atoms with Crippen LogP contribution in [0.15, 0.2) is 29.3 Å². The van der Waals surface area contributed by atoms with Crippen LogP contribution >= 0.6 is 0 Å². The van der Waals surface area contributed by atoms with E-state index in [4.69, 9.17) is 28.3 Å². The molecule has 0 radical (unpaired) electrons. The van der Waals surface area contributed by atoms with Gasteiger partial charge in [-0.3, -0.25) is 29.6 Å². The predicted molar refractivity (Wildman–Crippen MR) is 133 cm³/mol. The smallest absolute Gasteiger partial charge is 0.245 e. The largest absolute Gasteiger partial charge is 0.394 e. The number of hydrogen-bond donors (Lipinski definition) is 8. The molecule has 4 amide bonds. The molecular formula is C22H35N9O5. The molecule has 0 saturated heterocycles. The minimum Gasteiger partial charge on any atom is -0.394 e. The van der Waals surface area contributed by atoms with Gasteiger partial charge >= 0.3 is 0 Å². The number of nitrogens with zero attached hydrogens (tertiary/aromatic N) is 2. The van der Waals surface area contributed by atoms with Crippen molar-refractivity contribution in [1.82, 2.24) is 15.5 Å². The van der Waals surface area contributed by atoms with Crippen LogP contribution in [0.1, 0.15) is 24.0 Å². The molecule has 1 aromatic rings. The number of benzene rings is 1. The van der Waals surface area contributed by atoms with E-state index in [0.29, 0.717) is 17.5 Å². The molecule has 12 N–H and O–H groups in total. The molecular weight excluding hydrogens is 470 g/mol. The van der Waals surface area contributed by atoms with Gasteiger partial charge in [-0.2, -0.15) is 0 Å². The van der Waals surface area contributed by atoms with Crippen molar-refractivity contribution in [3.05, 3.63) is 35.4 Å². The first-order chi connectivity index (χ1) is 16.9. The van der Waals surface area contributed by atoms with Crippen LogP contribution in [0.3, 0.4) is 0 Å². The van der Waals surface area contributed by atoms with Gasteiger partial charge in [0.05, 0.1) is 6.61 Å². The molecule has 0 aromatic heterocycles. The van der Waals surface area contributed by atoms with Crippen molar-refractivity contribution in [2.45, 2.75) is 31.3 Å². The zero-order chi connectivity index (χ0) is 27.4. The first-order valence-electron chi connectivity index (χ1n) is 11.1. The fraction of sp³-hybridized carbons (Fsp3) is 0.455. The molecule has 14 heteroatoms. The van der Waals surface area contributed by atoms with E-state index in [-0.39, 0.29) is 31.2 Å². The van der Waals surface area contributed by atoms with Crippen molar-refractivity contribution in [3.63, 3.8) is 0 Å². The van der Waals surface area contributed by atoms with Crippen molar-refractivity contribution < 1.29 is 24.3 Å². The maximum atomic E-state index is 13.0. The number of amides is 4. The van der Waals surface area contributed by atoms with Gasteiger partial charge in [0.15, 0.2) is 5.96 Å². The average molecular weight is 506 g/mol. The van der Waals surface area contributed by atoms with Gasteiger partial charge in [0.25, 0.3) is 0 Å². The van der Waals surface area contributed by atoms with Gasteiger partial charge in [-0.25, -0.2) is 0 Å². The number of carbonyl (C=O) groups excluding carboxylic acids is 4. The van der Waals surface area contributed by atoms with Crippen molar-refractivity contribution in [1.29, 1.82) is 5.41 Å². The minimum absolute atomic E-state index is 0.00446. The summed E-state index contributed by atoms with van der Waals surface area (Å²) in [5.74, 6) is -4.42. The van der Waals surface area contributed by atoms with Crippen LogP contribution < -0.4 is 33.6 Å². The lowest BCUT2D eigenvalue weighted by Crippen LogP contribution is -2.56. The summed E-state index contributed by atoms with van der Waals surface area (Å²) in [7, 11) is 2.97. The van der Waals surface area contributed by atoms with Crippen LogP contribution in [-0.4, -0.2) is 84.8 Å². The molecule has 36 heavy (non-hydrogen) atoms. The number of primary amides is 1. The van der Waals surface area contributed by atoms with Crippen LogP contribution in [0, 0.1) is 11.3 Å². The Hall–Kier alpha value is -4.20. The third kappa shape index (κ3) is 9.58. The predicted octanol–water partition coefficient (Wildman–Crippen LogP) is -3.28. The zero-order valence-electron chi connectivity index (χ0n) is 20.4. The second kappa shape index (κ2) is 14.3. The molecule has 1 rings (SSSR count). The lowest BCUT2D eigenvalue weighted by atomic mass is 9.96. The molecule has 0 fully saturated rings. The van der Waals surface area contributed by atoms with Crippen LogP contribution in [-0.2, 0) is 25.6 Å². The number of nitrogen functional groups attached to an aromatic ring is 1. The van der Waals surface area contributed by atoms with Crippen LogP contribution in [0.25, 0.3) is 0 Å². The number of aliphatic hydroxyl groups excluding tert-OH is 1. The second-order valence-corrected chi connectivity index (χ2v) is 8.26. The fourth-order valence-electron chi connectivity index (χ4n) is 3.19. The summed E-state index contributed by atoms with van der Waals surface area (Å²) in [4.78, 5) is 55.1. The molecule has 0 aliphatic carbocycles. The number of nitrogens with two attached hydrogens (primary N) is 4. The van der Waals surface area contributed by atoms with Crippen LogP contribution in [0.2, 0.25) is 0 Å². The van der Waals surface area contributed by atoms with Gasteiger partial charge in [-0.05, 0) is 24.8 Å². The number of hydrogen-bond acceptors (Lipinski definition) is 7. The highest BCUT2D eigenvalue weighted by Crippen LogP contribution is 2.13. The van der Waals surface area contributed by atoms with E-state index in [1.807, 2.05) is 0 Å². The van der Waals surface area contributed by atoms with E-state index in [1.54, 1.807) is 24.3 Å². The maximum Gasteiger partial charge on any atom is 0.245 e.